The van der Waals surface area contributed by atoms with Crippen LogP contribution in [0.4, 0.5) is 4.79 Å². The zero-order chi connectivity index (χ0) is 15.0. The smallest absolute Gasteiger partial charge is 0.321 e. The molecule has 0 aliphatic carbocycles. The predicted octanol–water partition coefficient (Wildman–Crippen LogP) is 1.74. The van der Waals surface area contributed by atoms with Gasteiger partial charge in [-0.25, -0.2) is 4.79 Å². The Balaban J connectivity index is 2.33. The highest BCUT2D eigenvalue weighted by Crippen LogP contribution is 2.01. The number of carbonyl (C=O) groups excluding carboxylic acids is 2. The van der Waals surface area contributed by atoms with Gasteiger partial charge in [0.15, 0.2) is 0 Å². The summed E-state index contributed by atoms with van der Waals surface area (Å²) in [7, 11) is 1.85. The molecular weight excluding hydrogens is 254 g/mol. The minimum Gasteiger partial charge on any atom is -0.335 e. The van der Waals surface area contributed by atoms with Crippen molar-refractivity contribution in [1.29, 1.82) is 0 Å². The summed E-state index contributed by atoms with van der Waals surface area (Å²) in [6.45, 7) is 4.72. The number of rotatable bonds is 6. The van der Waals surface area contributed by atoms with Crippen LogP contribution in [0.1, 0.15) is 25.8 Å². The van der Waals surface area contributed by atoms with Crippen LogP contribution >= 0.6 is 0 Å². The highest BCUT2D eigenvalue weighted by atomic mass is 16.2. The van der Waals surface area contributed by atoms with Crippen LogP contribution in [0.3, 0.4) is 0 Å². The van der Waals surface area contributed by atoms with Gasteiger partial charge in [0.05, 0.1) is 6.54 Å². The Morgan fingerprint density at radius 3 is 2.50 bits per heavy atom. The molecule has 3 amide bonds. The van der Waals surface area contributed by atoms with Gasteiger partial charge in [0, 0.05) is 12.6 Å². The third-order valence-corrected chi connectivity index (χ3v) is 2.95. The monoisotopic (exact) mass is 277 g/mol. The topological polar surface area (TPSA) is 61.4 Å². The minimum absolute atomic E-state index is 0.0600. The van der Waals surface area contributed by atoms with E-state index in [0.29, 0.717) is 6.54 Å². The molecule has 5 nitrogen and oxygen atoms in total. The van der Waals surface area contributed by atoms with Gasteiger partial charge in [-0.15, -0.1) is 0 Å². The van der Waals surface area contributed by atoms with E-state index in [0.717, 1.165) is 12.0 Å². The van der Waals surface area contributed by atoms with Gasteiger partial charge in [-0.3, -0.25) is 15.0 Å². The molecule has 0 spiro atoms. The summed E-state index contributed by atoms with van der Waals surface area (Å²) in [5.74, 6) is -0.302. The van der Waals surface area contributed by atoms with Crippen LogP contribution in [0.25, 0.3) is 0 Å². The van der Waals surface area contributed by atoms with Crippen LogP contribution in [0, 0.1) is 0 Å². The molecule has 0 heterocycles. The van der Waals surface area contributed by atoms with Gasteiger partial charge in [0.2, 0.25) is 5.91 Å². The number of likely N-dealkylation sites (N-methyl/N-ethyl adjacent to an activating group) is 1. The van der Waals surface area contributed by atoms with Gasteiger partial charge < -0.3 is 5.32 Å². The first-order chi connectivity index (χ1) is 9.51. The van der Waals surface area contributed by atoms with Gasteiger partial charge >= 0.3 is 6.03 Å². The fraction of sp³-hybridized carbons (Fsp3) is 0.467. The summed E-state index contributed by atoms with van der Waals surface area (Å²) in [6, 6.07) is 9.51. The first-order valence-corrected chi connectivity index (χ1v) is 6.84. The van der Waals surface area contributed by atoms with Gasteiger partial charge in [-0.05, 0) is 26.0 Å². The summed E-state index contributed by atoms with van der Waals surface area (Å²) in [6.07, 6.45) is 0.829. The standard InChI is InChI=1S/C15H23N3O2/c1-4-12(2)16-15(20)17-14(19)11-18(3)10-13-8-6-5-7-9-13/h5-9,12H,4,10-11H2,1-3H3,(H2,16,17,19,20)/t12-/m0/s1. The molecular formula is C15H23N3O2. The van der Waals surface area contributed by atoms with Crippen molar-refractivity contribution in [2.75, 3.05) is 13.6 Å². The lowest BCUT2D eigenvalue weighted by Crippen LogP contribution is -2.46. The van der Waals surface area contributed by atoms with Crippen molar-refractivity contribution in [3.8, 4) is 0 Å². The zero-order valence-electron chi connectivity index (χ0n) is 12.3. The molecule has 0 aromatic heterocycles. The van der Waals surface area contributed by atoms with Gasteiger partial charge in [-0.1, -0.05) is 37.3 Å². The Bertz CT molecular complexity index is 434. The molecule has 0 aliphatic rings. The maximum Gasteiger partial charge on any atom is 0.321 e. The molecule has 1 aromatic carbocycles. The molecule has 2 N–H and O–H groups in total. The Hall–Kier alpha value is -1.88. The Kier molecular flexibility index (Phi) is 6.73. The number of hydrogen-bond donors (Lipinski definition) is 2. The molecule has 0 radical (unpaired) electrons. The number of imide groups is 1. The Labute approximate surface area is 120 Å². The molecule has 0 fully saturated rings. The summed E-state index contributed by atoms with van der Waals surface area (Å²) >= 11 is 0. The number of nitrogens with zero attached hydrogens (tertiary/aromatic N) is 1. The summed E-state index contributed by atoms with van der Waals surface area (Å²) < 4.78 is 0. The van der Waals surface area contributed by atoms with Crippen molar-refractivity contribution in [2.45, 2.75) is 32.9 Å². The number of nitrogens with one attached hydrogen (secondary N) is 2. The van der Waals surface area contributed by atoms with Crippen molar-refractivity contribution in [3.05, 3.63) is 35.9 Å². The van der Waals surface area contributed by atoms with E-state index >= 15 is 0 Å². The summed E-state index contributed by atoms with van der Waals surface area (Å²) in [4.78, 5) is 25.1. The maximum atomic E-state index is 11.7. The lowest BCUT2D eigenvalue weighted by Gasteiger charge is -2.17. The normalized spacial score (nSPS) is 12.0. The van der Waals surface area contributed by atoms with Crippen molar-refractivity contribution in [2.24, 2.45) is 0 Å². The fourth-order valence-electron chi connectivity index (χ4n) is 1.72. The Morgan fingerprint density at radius 2 is 1.90 bits per heavy atom. The van der Waals surface area contributed by atoms with Gasteiger partial charge in [-0.2, -0.15) is 0 Å². The first-order valence-electron chi connectivity index (χ1n) is 6.84. The molecule has 20 heavy (non-hydrogen) atoms. The first kappa shape index (κ1) is 16.2. The minimum atomic E-state index is -0.433. The van der Waals surface area contributed by atoms with Crippen molar-refractivity contribution in [3.63, 3.8) is 0 Å². The van der Waals surface area contributed by atoms with Crippen molar-refractivity contribution in [1.82, 2.24) is 15.5 Å². The molecule has 1 atom stereocenters. The lowest BCUT2D eigenvalue weighted by atomic mass is 10.2. The second-order valence-corrected chi connectivity index (χ2v) is 4.99. The average Bonchev–Trinajstić information content (AvgIpc) is 2.38. The van der Waals surface area contributed by atoms with E-state index in [-0.39, 0.29) is 18.5 Å². The van der Waals surface area contributed by atoms with E-state index in [1.54, 1.807) is 0 Å². The average molecular weight is 277 g/mol. The van der Waals surface area contributed by atoms with E-state index in [4.69, 9.17) is 0 Å². The van der Waals surface area contributed by atoms with E-state index in [2.05, 4.69) is 10.6 Å². The summed E-state index contributed by atoms with van der Waals surface area (Å²) in [5, 5.41) is 5.03. The Morgan fingerprint density at radius 1 is 1.25 bits per heavy atom. The number of urea groups is 1. The lowest BCUT2D eigenvalue weighted by molar-refractivity contribution is -0.120. The number of hydrogen-bond acceptors (Lipinski definition) is 3. The van der Waals surface area contributed by atoms with Crippen LogP contribution in [-0.4, -0.2) is 36.5 Å². The van der Waals surface area contributed by atoms with Crippen molar-refractivity contribution < 1.29 is 9.59 Å². The molecule has 110 valence electrons. The molecule has 0 saturated heterocycles. The highest BCUT2D eigenvalue weighted by molar-refractivity contribution is 5.95. The maximum absolute atomic E-state index is 11.7. The van der Waals surface area contributed by atoms with Crippen LogP contribution in [0.5, 0.6) is 0 Å². The van der Waals surface area contributed by atoms with Gasteiger partial charge in [0.25, 0.3) is 0 Å². The van der Waals surface area contributed by atoms with E-state index in [9.17, 15) is 9.59 Å². The van der Waals surface area contributed by atoms with Gasteiger partial charge in [0.1, 0.15) is 0 Å². The number of benzene rings is 1. The second kappa shape index (κ2) is 8.32. The number of amides is 3. The summed E-state index contributed by atoms with van der Waals surface area (Å²) in [5.41, 5.74) is 1.13. The largest absolute Gasteiger partial charge is 0.335 e. The second-order valence-electron chi connectivity index (χ2n) is 4.99. The van der Waals surface area contributed by atoms with Crippen LogP contribution < -0.4 is 10.6 Å². The molecule has 0 bridgehead atoms. The highest BCUT2D eigenvalue weighted by Gasteiger charge is 2.11. The van der Waals surface area contributed by atoms with E-state index in [1.807, 2.05) is 56.1 Å². The molecule has 0 aliphatic heterocycles. The predicted molar refractivity (Wildman–Crippen MR) is 79.2 cm³/mol. The zero-order valence-corrected chi connectivity index (χ0v) is 12.3. The molecule has 0 saturated carbocycles. The van der Waals surface area contributed by atoms with Crippen LogP contribution in [-0.2, 0) is 11.3 Å². The van der Waals surface area contributed by atoms with Crippen LogP contribution in [0.15, 0.2) is 30.3 Å². The van der Waals surface area contributed by atoms with E-state index < -0.39 is 6.03 Å². The quantitative estimate of drug-likeness (QED) is 0.832. The van der Waals surface area contributed by atoms with E-state index in [1.165, 1.54) is 0 Å². The van der Waals surface area contributed by atoms with Crippen molar-refractivity contribution >= 4 is 11.9 Å². The number of carbonyl (C=O) groups is 2. The third kappa shape index (κ3) is 6.33. The molecule has 5 heteroatoms. The molecule has 0 unspecified atom stereocenters. The fourth-order valence-corrected chi connectivity index (χ4v) is 1.72. The molecule has 1 aromatic rings. The molecule has 1 rings (SSSR count). The van der Waals surface area contributed by atoms with Crippen LogP contribution in [0.2, 0.25) is 0 Å². The SMILES string of the molecule is CC[C@H](C)NC(=O)NC(=O)CN(C)Cc1ccccc1. The third-order valence-electron chi connectivity index (χ3n) is 2.95.